The number of methoxy groups -OCH3 is 1. The Kier molecular flexibility index (Phi) is 11.8. The lowest BCUT2D eigenvalue weighted by Gasteiger charge is -2.40. The first kappa shape index (κ1) is 32.0. The van der Waals surface area contributed by atoms with E-state index in [9.17, 15) is 4.79 Å². The molecule has 0 saturated carbocycles. The van der Waals surface area contributed by atoms with Crippen LogP contribution in [0.15, 0.2) is 72.3 Å². The minimum Gasteiger partial charge on any atom is -0.467 e. The first-order chi connectivity index (χ1) is 20.3. The molecule has 2 heterocycles. The van der Waals surface area contributed by atoms with Gasteiger partial charge in [-0.1, -0.05) is 74.9 Å². The predicted molar refractivity (Wildman–Crippen MR) is 173 cm³/mol. The molecule has 9 heteroatoms. The van der Waals surface area contributed by atoms with Crippen LogP contribution in [0, 0.1) is 5.92 Å². The Balaban J connectivity index is 1.54. The Hall–Kier alpha value is -2.97. The van der Waals surface area contributed by atoms with Crippen LogP contribution in [-0.4, -0.2) is 70.9 Å². The van der Waals surface area contributed by atoms with Crippen molar-refractivity contribution in [2.45, 2.75) is 45.8 Å². The molecule has 42 heavy (non-hydrogen) atoms. The first-order valence-corrected chi connectivity index (χ1v) is 15.5. The van der Waals surface area contributed by atoms with E-state index in [4.69, 9.17) is 37.9 Å². The van der Waals surface area contributed by atoms with Gasteiger partial charge in [0.2, 0.25) is 0 Å². The molecule has 2 aromatic carbocycles. The Morgan fingerprint density at radius 1 is 1.07 bits per heavy atom. The Bertz CT molecular complexity index is 1380. The normalized spacial score (nSPS) is 16.7. The number of para-hydroxylation sites is 1. The number of nitrogens with one attached hydrogen (secondary N) is 1. The van der Waals surface area contributed by atoms with Gasteiger partial charge in [0.15, 0.2) is 0 Å². The van der Waals surface area contributed by atoms with Gasteiger partial charge in [-0.2, -0.15) is 0 Å². The molecule has 0 bridgehead atoms. The third kappa shape index (κ3) is 8.10. The number of piperazine rings is 1. The van der Waals surface area contributed by atoms with E-state index in [1.54, 1.807) is 0 Å². The van der Waals surface area contributed by atoms with Gasteiger partial charge in [0.1, 0.15) is 17.7 Å². The number of ether oxygens (including phenoxy) is 1. The molecule has 1 saturated heterocycles. The average Bonchev–Trinajstić information content (AvgIpc) is 2.99. The van der Waals surface area contributed by atoms with Crippen molar-refractivity contribution in [2.24, 2.45) is 5.92 Å². The molecule has 2 unspecified atom stereocenters. The summed E-state index contributed by atoms with van der Waals surface area (Å²) in [6.07, 6.45) is 7.38. The molecule has 3 aromatic rings. The highest BCUT2D eigenvalue weighted by molar-refractivity contribution is 6.30. The molecule has 7 nitrogen and oxygen atoms in total. The van der Waals surface area contributed by atoms with Crippen LogP contribution in [0.3, 0.4) is 0 Å². The van der Waals surface area contributed by atoms with Crippen molar-refractivity contribution in [3.05, 3.63) is 88.7 Å². The summed E-state index contributed by atoms with van der Waals surface area (Å²) in [5.74, 6) is 1.58. The van der Waals surface area contributed by atoms with Crippen LogP contribution in [-0.2, 0) is 16.1 Å². The van der Waals surface area contributed by atoms with Gasteiger partial charge in [-0.15, -0.1) is 11.6 Å². The highest BCUT2D eigenvalue weighted by Gasteiger charge is 2.28. The molecule has 0 radical (unpaired) electrons. The monoisotopic (exact) mass is 609 g/mol. The van der Waals surface area contributed by atoms with Gasteiger partial charge in [-0.05, 0) is 47.7 Å². The fourth-order valence-electron chi connectivity index (χ4n) is 5.40. The Morgan fingerprint density at radius 3 is 2.43 bits per heavy atom. The predicted octanol–water partition coefficient (Wildman–Crippen LogP) is 6.88. The number of carbonyl (C=O) groups is 1. The third-order valence-electron chi connectivity index (χ3n) is 7.54. The molecule has 1 aliphatic rings. The van der Waals surface area contributed by atoms with Crippen molar-refractivity contribution >= 4 is 45.9 Å². The van der Waals surface area contributed by atoms with Gasteiger partial charge in [0, 0.05) is 42.5 Å². The number of hydrogen-bond donors (Lipinski definition) is 1. The molecule has 4 rings (SSSR count). The summed E-state index contributed by atoms with van der Waals surface area (Å²) in [6.45, 7) is 10.3. The second kappa shape index (κ2) is 15.5. The molecule has 1 aliphatic heterocycles. The second-order valence-corrected chi connectivity index (χ2v) is 11.6. The zero-order valence-corrected chi connectivity index (χ0v) is 26.4. The quantitative estimate of drug-likeness (QED) is 0.136. The van der Waals surface area contributed by atoms with Crippen LogP contribution in [0.2, 0.25) is 5.02 Å². The summed E-state index contributed by atoms with van der Waals surface area (Å²) >= 11 is 12.3. The van der Waals surface area contributed by atoms with E-state index in [1.165, 1.54) is 18.2 Å². The van der Waals surface area contributed by atoms with E-state index in [0.717, 1.165) is 54.3 Å². The standard InChI is InChI=1S/C33H41Cl2N5O2/c1-5-9-24(10-8-17-34)31(25-13-15-26(35)16-14-25)40-20-18-39(19-21-40)22-29-36-28-12-7-6-11-27(28)32(37-29)38-30(23(2)3)33(41)42-4/h6-16,23,30-31H,5,17-22H2,1-4H3,(H,36,37,38)/b10-8-,24-9+. The van der Waals surface area contributed by atoms with Crippen molar-refractivity contribution in [1.82, 2.24) is 19.8 Å². The number of allylic oxidation sites excluding steroid dienone is 2. The van der Waals surface area contributed by atoms with Crippen LogP contribution < -0.4 is 5.32 Å². The summed E-state index contributed by atoms with van der Waals surface area (Å²) in [4.78, 5) is 27.2. The molecule has 0 aliphatic carbocycles. The van der Waals surface area contributed by atoms with E-state index >= 15 is 0 Å². The molecular formula is C33H41Cl2N5O2. The van der Waals surface area contributed by atoms with Gasteiger partial charge in [0.05, 0.1) is 25.2 Å². The summed E-state index contributed by atoms with van der Waals surface area (Å²) in [7, 11) is 1.41. The Morgan fingerprint density at radius 2 is 1.79 bits per heavy atom. The zero-order chi connectivity index (χ0) is 30.1. The SMILES string of the molecule is CC/C=C(\C=C/CCl)C(c1ccc(Cl)cc1)N1CCN(Cc2nc(NC(C(=O)OC)C(C)C)c3ccccc3n2)CC1. The maximum Gasteiger partial charge on any atom is 0.328 e. The van der Waals surface area contributed by atoms with E-state index in [0.29, 0.717) is 18.2 Å². The van der Waals surface area contributed by atoms with Gasteiger partial charge < -0.3 is 10.1 Å². The van der Waals surface area contributed by atoms with Crippen LogP contribution in [0.4, 0.5) is 5.82 Å². The van der Waals surface area contributed by atoms with Crippen LogP contribution in [0.25, 0.3) is 10.9 Å². The van der Waals surface area contributed by atoms with Crippen molar-refractivity contribution in [2.75, 3.05) is 44.5 Å². The topological polar surface area (TPSA) is 70.6 Å². The molecule has 2 atom stereocenters. The number of aromatic nitrogens is 2. The maximum absolute atomic E-state index is 12.5. The molecule has 0 amide bonds. The lowest BCUT2D eigenvalue weighted by molar-refractivity contribution is -0.142. The number of rotatable bonds is 12. The third-order valence-corrected chi connectivity index (χ3v) is 7.97. The number of benzene rings is 2. The van der Waals surface area contributed by atoms with Crippen LogP contribution in [0.1, 0.15) is 44.6 Å². The highest BCUT2D eigenvalue weighted by Crippen LogP contribution is 2.32. The molecule has 224 valence electrons. The van der Waals surface area contributed by atoms with Crippen molar-refractivity contribution < 1.29 is 9.53 Å². The molecule has 1 aromatic heterocycles. The minimum atomic E-state index is -0.507. The highest BCUT2D eigenvalue weighted by atomic mass is 35.5. The molecule has 1 N–H and O–H groups in total. The Labute approximate surface area is 259 Å². The molecule has 1 fully saturated rings. The maximum atomic E-state index is 12.5. The number of alkyl halides is 1. The molecular weight excluding hydrogens is 569 g/mol. The van der Waals surface area contributed by atoms with E-state index in [1.807, 2.05) is 56.3 Å². The minimum absolute atomic E-state index is 0.0298. The van der Waals surface area contributed by atoms with Gasteiger partial charge in [0.25, 0.3) is 0 Å². The number of carbonyl (C=O) groups excluding carboxylic acids is 1. The number of anilines is 1. The van der Waals surface area contributed by atoms with Crippen molar-refractivity contribution in [1.29, 1.82) is 0 Å². The molecule has 0 spiro atoms. The van der Waals surface area contributed by atoms with Crippen molar-refractivity contribution in [3.8, 4) is 0 Å². The van der Waals surface area contributed by atoms with Gasteiger partial charge >= 0.3 is 5.97 Å². The average molecular weight is 611 g/mol. The smallest absolute Gasteiger partial charge is 0.328 e. The van der Waals surface area contributed by atoms with Crippen LogP contribution >= 0.6 is 23.2 Å². The van der Waals surface area contributed by atoms with E-state index in [-0.39, 0.29) is 17.9 Å². The van der Waals surface area contributed by atoms with E-state index < -0.39 is 6.04 Å². The lowest BCUT2D eigenvalue weighted by atomic mass is 9.95. The zero-order valence-electron chi connectivity index (χ0n) is 24.9. The number of nitrogens with zero attached hydrogens (tertiary/aromatic N) is 4. The second-order valence-electron chi connectivity index (χ2n) is 10.8. The first-order valence-electron chi connectivity index (χ1n) is 14.6. The van der Waals surface area contributed by atoms with E-state index in [2.05, 4.69) is 46.3 Å². The van der Waals surface area contributed by atoms with Crippen molar-refractivity contribution in [3.63, 3.8) is 0 Å². The summed E-state index contributed by atoms with van der Waals surface area (Å²) in [6, 6.07) is 15.7. The fourth-order valence-corrected chi connectivity index (χ4v) is 5.62. The summed E-state index contributed by atoms with van der Waals surface area (Å²) in [5.41, 5.74) is 3.30. The fraction of sp³-hybridized carbons (Fsp3) is 0.424. The summed E-state index contributed by atoms with van der Waals surface area (Å²) in [5, 5.41) is 4.96. The lowest BCUT2D eigenvalue weighted by Crippen LogP contribution is -2.47. The number of fused-ring (bicyclic) bond motifs is 1. The number of hydrogen-bond acceptors (Lipinski definition) is 7. The number of esters is 1. The largest absolute Gasteiger partial charge is 0.467 e. The van der Waals surface area contributed by atoms with Gasteiger partial charge in [-0.3, -0.25) is 9.80 Å². The van der Waals surface area contributed by atoms with Crippen LogP contribution in [0.5, 0.6) is 0 Å². The van der Waals surface area contributed by atoms with Gasteiger partial charge in [-0.25, -0.2) is 14.8 Å². The summed E-state index contributed by atoms with van der Waals surface area (Å²) < 4.78 is 5.05. The number of halogens is 2.